The molecular formula is C16H24N2O2. The lowest BCUT2D eigenvalue weighted by Crippen LogP contribution is -2.23. The van der Waals surface area contributed by atoms with Gasteiger partial charge in [0.15, 0.2) is 5.78 Å². The molecule has 0 saturated heterocycles. The summed E-state index contributed by atoms with van der Waals surface area (Å²) in [7, 11) is 0. The molecule has 1 aromatic rings. The van der Waals surface area contributed by atoms with Gasteiger partial charge in [-0.1, -0.05) is 26.0 Å². The molecule has 0 aliphatic rings. The molecular weight excluding hydrogens is 252 g/mol. The van der Waals surface area contributed by atoms with Gasteiger partial charge in [0.25, 0.3) is 0 Å². The van der Waals surface area contributed by atoms with Crippen molar-refractivity contribution in [2.24, 2.45) is 17.6 Å². The number of nitrogens with two attached hydrogens (primary N) is 1. The van der Waals surface area contributed by atoms with Crippen LogP contribution >= 0.6 is 0 Å². The SMILES string of the molecule is CC(=O)c1cccc(NC(=O)C[C@@H](CN)CC(C)C)c1. The van der Waals surface area contributed by atoms with E-state index in [0.29, 0.717) is 30.1 Å². The van der Waals surface area contributed by atoms with Gasteiger partial charge >= 0.3 is 0 Å². The second kappa shape index (κ2) is 7.80. The number of carbonyl (C=O) groups excluding carboxylic acids is 2. The minimum absolute atomic E-state index is 0.0132. The van der Waals surface area contributed by atoms with E-state index in [1.165, 1.54) is 6.92 Å². The summed E-state index contributed by atoms with van der Waals surface area (Å²) < 4.78 is 0. The van der Waals surface area contributed by atoms with Gasteiger partial charge in [-0.15, -0.1) is 0 Å². The quantitative estimate of drug-likeness (QED) is 0.752. The van der Waals surface area contributed by atoms with Crippen LogP contribution in [0.2, 0.25) is 0 Å². The molecule has 3 N–H and O–H groups in total. The summed E-state index contributed by atoms with van der Waals surface area (Å²) >= 11 is 0. The number of hydrogen-bond donors (Lipinski definition) is 2. The molecule has 1 amide bonds. The third-order valence-electron chi connectivity index (χ3n) is 3.16. The van der Waals surface area contributed by atoms with Gasteiger partial charge in [0.05, 0.1) is 0 Å². The normalized spacial score (nSPS) is 12.2. The van der Waals surface area contributed by atoms with Crippen LogP contribution in [0.3, 0.4) is 0 Å². The average molecular weight is 276 g/mol. The molecule has 0 aromatic heterocycles. The highest BCUT2D eigenvalue weighted by Crippen LogP contribution is 2.16. The van der Waals surface area contributed by atoms with E-state index in [2.05, 4.69) is 19.2 Å². The van der Waals surface area contributed by atoms with Crippen LogP contribution in [0.1, 0.15) is 44.0 Å². The summed E-state index contributed by atoms with van der Waals surface area (Å²) in [5.41, 5.74) is 6.96. The largest absolute Gasteiger partial charge is 0.330 e. The lowest BCUT2D eigenvalue weighted by molar-refractivity contribution is -0.117. The standard InChI is InChI=1S/C16H24N2O2/c1-11(2)7-13(10-17)8-16(20)18-15-6-4-5-14(9-15)12(3)19/h4-6,9,11,13H,7-8,10,17H2,1-3H3,(H,18,20)/t13-/m0/s1. The zero-order valence-electron chi connectivity index (χ0n) is 12.5. The molecule has 0 fully saturated rings. The zero-order valence-corrected chi connectivity index (χ0v) is 12.5. The number of benzene rings is 1. The first-order chi connectivity index (χ1) is 9.42. The van der Waals surface area contributed by atoms with Gasteiger partial charge in [-0.25, -0.2) is 0 Å². The Morgan fingerprint density at radius 2 is 2.00 bits per heavy atom. The van der Waals surface area contributed by atoms with E-state index in [0.717, 1.165) is 6.42 Å². The first kappa shape index (κ1) is 16.4. The maximum Gasteiger partial charge on any atom is 0.224 e. The second-order valence-corrected chi connectivity index (χ2v) is 5.62. The van der Waals surface area contributed by atoms with Crippen LogP contribution in [0, 0.1) is 11.8 Å². The lowest BCUT2D eigenvalue weighted by atomic mass is 9.94. The molecule has 1 aromatic carbocycles. The molecule has 4 heteroatoms. The molecule has 0 radical (unpaired) electrons. The fourth-order valence-electron chi connectivity index (χ4n) is 2.22. The van der Waals surface area contributed by atoms with Gasteiger partial charge in [-0.05, 0) is 43.9 Å². The molecule has 0 aliphatic carbocycles. The Kier molecular flexibility index (Phi) is 6.39. The van der Waals surface area contributed by atoms with Gasteiger partial charge in [0.2, 0.25) is 5.91 Å². The number of nitrogens with one attached hydrogen (secondary N) is 1. The van der Waals surface area contributed by atoms with Crippen molar-refractivity contribution in [2.75, 3.05) is 11.9 Å². The summed E-state index contributed by atoms with van der Waals surface area (Å²) in [6.45, 7) is 6.26. The molecule has 1 rings (SSSR count). The average Bonchev–Trinajstić information content (AvgIpc) is 2.37. The van der Waals surface area contributed by atoms with Gasteiger partial charge in [-0.2, -0.15) is 0 Å². The molecule has 110 valence electrons. The van der Waals surface area contributed by atoms with E-state index in [1.807, 2.05) is 0 Å². The smallest absolute Gasteiger partial charge is 0.224 e. The Bertz CT molecular complexity index is 469. The monoisotopic (exact) mass is 276 g/mol. The van der Waals surface area contributed by atoms with Crippen LogP contribution in [-0.4, -0.2) is 18.2 Å². The van der Waals surface area contributed by atoms with E-state index in [4.69, 9.17) is 5.73 Å². The van der Waals surface area contributed by atoms with Crippen molar-refractivity contribution in [3.8, 4) is 0 Å². The minimum atomic E-state index is -0.0539. The molecule has 0 bridgehead atoms. The molecule has 20 heavy (non-hydrogen) atoms. The maximum atomic E-state index is 12.0. The van der Waals surface area contributed by atoms with Gasteiger partial charge in [-0.3, -0.25) is 9.59 Å². The Balaban J connectivity index is 2.61. The molecule has 0 aliphatic heterocycles. The van der Waals surface area contributed by atoms with Crippen LogP contribution < -0.4 is 11.1 Å². The fraction of sp³-hybridized carbons (Fsp3) is 0.500. The Labute approximate surface area is 120 Å². The maximum absolute atomic E-state index is 12.0. The molecule has 0 saturated carbocycles. The van der Waals surface area contributed by atoms with E-state index in [1.54, 1.807) is 24.3 Å². The number of Topliss-reactive ketones (excluding diaryl/α,β-unsaturated/α-hetero) is 1. The highest BCUT2D eigenvalue weighted by atomic mass is 16.1. The molecule has 0 spiro atoms. The van der Waals surface area contributed by atoms with Crippen LogP contribution in [0.4, 0.5) is 5.69 Å². The summed E-state index contributed by atoms with van der Waals surface area (Å²) in [5.74, 6) is 0.658. The Hall–Kier alpha value is -1.68. The summed E-state index contributed by atoms with van der Waals surface area (Å²) in [6, 6.07) is 6.98. The first-order valence-corrected chi connectivity index (χ1v) is 7.03. The minimum Gasteiger partial charge on any atom is -0.330 e. The summed E-state index contributed by atoms with van der Waals surface area (Å²) in [5, 5.41) is 2.83. The van der Waals surface area contributed by atoms with Crippen LogP contribution in [-0.2, 0) is 4.79 Å². The van der Waals surface area contributed by atoms with E-state index in [-0.39, 0.29) is 17.6 Å². The second-order valence-electron chi connectivity index (χ2n) is 5.62. The highest BCUT2D eigenvalue weighted by molar-refractivity contribution is 5.97. The third-order valence-corrected chi connectivity index (χ3v) is 3.16. The van der Waals surface area contributed by atoms with E-state index in [9.17, 15) is 9.59 Å². The molecule has 0 unspecified atom stereocenters. The van der Waals surface area contributed by atoms with Crippen LogP contribution in [0.25, 0.3) is 0 Å². The van der Waals surface area contributed by atoms with E-state index >= 15 is 0 Å². The molecule has 1 atom stereocenters. The van der Waals surface area contributed by atoms with Gasteiger partial charge < -0.3 is 11.1 Å². The third kappa shape index (κ3) is 5.53. The topological polar surface area (TPSA) is 72.2 Å². The van der Waals surface area contributed by atoms with Gasteiger partial charge in [0.1, 0.15) is 0 Å². The predicted octanol–water partition coefficient (Wildman–Crippen LogP) is 2.84. The molecule has 4 nitrogen and oxygen atoms in total. The van der Waals surface area contributed by atoms with Crippen molar-refractivity contribution in [2.45, 2.75) is 33.6 Å². The van der Waals surface area contributed by atoms with Crippen molar-refractivity contribution < 1.29 is 9.59 Å². The van der Waals surface area contributed by atoms with E-state index < -0.39 is 0 Å². The van der Waals surface area contributed by atoms with Crippen molar-refractivity contribution in [3.05, 3.63) is 29.8 Å². The zero-order chi connectivity index (χ0) is 15.1. The van der Waals surface area contributed by atoms with Crippen molar-refractivity contribution in [1.29, 1.82) is 0 Å². The summed E-state index contributed by atoms with van der Waals surface area (Å²) in [4.78, 5) is 23.3. The van der Waals surface area contributed by atoms with Crippen LogP contribution in [0.5, 0.6) is 0 Å². The number of amides is 1. The predicted molar refractivity (Wildman–Crippen MR) is 81.7 cm³/mol. The Morgan fingerprint density at radius 1 is 1.30 bits per heavy atom. The number of hydrogen-bond acceptors (Lipinski definition) is 3. The number of ketones is 1. The number of anilines is 1. The van der Waals surface area contributed by atoms with Gasteiger partial charge in [0, 0.05) is 17.7 Å². The molecule has 0 heterocycles. The fourth-order valence-corrected chi connectivity index (χ4v) is 2.22. The highest BCUT2D eigenvalue weighted by Gasteiger charge is 2.14. The van der Waals surface area contributed by atoms with Crippen molar-refractivity contribution in [1.82, 2.24) is 0 Å². The Morgan fingerprint density at radius 3 is 2.55 bits per heavy atom. The number of carbonyl (C=O) groups is 2. The van der Waals surface area contributed by atoms with Crippen molar-refractivity contribution >= 4 is 17.4 Å². The van der Waals surface area contributed by atoms with Crippen molar-refractivity contribution in [3.63, 3.8) is 0 Å². The first-order valence-electron chi connectivity index (χ1n) is 7.03. The lowest BCUT2D eigenvalue weighted by Gasteiger charge is -2.16. The number of rotatable bonds is 7. The summed E-state index contributed by atoms with van der Waals surface area (Å²) in [6.07, 6.45) is 1.36. The van der Waals surface area contributed by atoms with Crippen LogP contribution in [0.15, 0.2) is 24.3 Å².